The Bertz CT molecular complexity index is 487. The lowest BCUT2D eigenvalue weighted by atomic mass is 10.2. The predicted octanol–water partition coefficient (Wildman–Crippen LogP) is 0.314. The van der Waals surface area contributed by atoms with Crippen LogP contribution in [0.25, 0.3) is 0 Å². The third-order valence-corrected chi connectivity index (χ3v) is 2.75. The lowest BCUT2D eigenvalue weighted by molar-refractivity contribution is -0.122. The van der Waals surface area contributed by atoms with Crippen LogP contribution in [-0.2, 0) is 4.79 Å². The van der Waals surface area contributed by atoms with Crippen LogP contribution in [0.4, 0.5) is 4.79 Å². The molecular formula is C12H13N3O3. The number of urea groups is 1. The van der Waals surface area contributed by atoms with Crippen molar-refractivity contribution in [3.63, 3.8) is 0 Å². The molecule has 1 atom stereocenters. The molecule has 1 aromatic carbocycles. The van der Waals surface area contributed by atoms with E-state index >= 15 is 0 Å². The molecule has 1 unspecified atom stereocenters. The number of hydrogen-bond acceptors (Lipinski definition) is 3. The van der Waals surface area contributed by atoms with Gasteiger partial charge in [-0.15, -0.1) is 0 Å². The predicted molar refractivity (Wildman–Crippen MR) is 63.6 cm³/mol. The summed E-state index contributed by atoms with van der Waals surface area (Å²) in [4.78, 5) is 35.8. The third kappa shape index (κ3) is 2.48. The summed E-state index contributed by atoms with van der Waals surface area (Å²) < 4.78 is 0. The molecule has 6 nitrogen and oxygen atoms in total. The molecule has 0 aromatic heterocycles. The van der Waals surface area contributed by atoms with Gasteiger partial charge in [-0.25, -0.2) is 4.79 Å². The molecule has 0 aliphatic carbocycles. The van der Waals surface area contributed by atoms with Crippen LogP contribution in [-0.4, -0.2) is 36.0 Å². The molecule has 0 bridgehead atoms. The van der Waals surface area contributed by atoms with E-state index in [4.69, 9.17) is 0 Å². The number of carbonyl (C=O) groups is 3. The van der Waals surface area contributed by atoms with Gasteiger partial charge in [0.25, 0.3) is 5.91 Å². The van der Waals surface area contributed by atoms with Gasteiger partial charge < -0.3 is 10.2 Å². The topological polar surface area (TPSA) is 78.5 Å². The van der Waals surface area contributed by atoms with Crippen molar-refractivity contribution < 1.29 is 14.4 Å². The fourth-order valence-corrected chi connectivity index (χ4v) is 1.68. The minimum absolute atomic E-state index is 0.0564. The fraction of sp³-hybridized carbons (Fsp3) is 0.250. The van der Waals surface area contributed by atoms with Crippen LogP contribution in [0.5, 0.6) is 0 Å². The highest BCUT2D eigenvalue weighted by Gasteiger charge is 2.30. The summed E-state index contributed by atoms with van der Waals surface area (Å²) >= 11 is 0. The number of carbonyl (C=O) groups excluding carboxylic acids is 3. The molecule has 2 rings (SSSR count). The summed E-state index contributed by atoms with van der Waals surface area (Å²) in [6.07, 6.45) is -0.556. The van der Waals surface area contributed by atoms with Gasteiger partial charge in [0.2, 0.25) is 5.91 Å². The Kier molecular flexibility index (Phi) is 3.27. The first-order valence-electron chi connectivity index (χ1n) is 5.50. The zero-order chi connectivity index (χ0) is 13.1. The summed E-state index contributed by atoms with van der Waals surface area (Å²) in [6.45, 7) is 0. The number of imide groups is 1. The maximum absolute atomic E-state index is 11.9. The molecule has 1 heterocycles. The summed E-state index contributed by atoms with van der Waals surface area (Å²) in [5, 5.41) is 4.82. The smallest absolute Gasteiger partial charge is 0.325 e. The van der Waals surface area contributed by atoms with Crippen LogP contribution < -0.4 is 10.6 Å². The van der Waals surface area contributed by atoms with E-state index in [9.17, 15) is 14.4 Å². The van der Waals surface area contributed by atoms with Crippen LogP contribution in [0, 0.1) is 0 Å². The van der Waals surface area contributed by atoms with Crippen LogP contribution in [0.3, 0.4) is 0 Å². The molecule has 0 radical (unpaired) electrons. The Balaban J connectivity index is 2.07. The van der Waals surface area contributed by atoms with Crippen molar-refractivity contribution in [1.82, 2.24) is 15.5 Å². The highest BCUT2D eigenvalue weighted by atomic mass is 16.2. The van der Waals surface area contributed by atoms with Gasteiger partial charge >= 0.3 is 6.03 Å². The molecule has 94 valence electrons. The standard InChI is InChI=1S/C12H13N3O3/c1-15-9(7-10(16)14-12(15)18)13-11(17)8-5-3-2-4-6-8/h2-6,9H,7H2,1H3,(H,13,17)(H,14,16,18). The van der Waals surface area contributed by atoms with Crippen molar-refractivity contribution in [2.75, 3.05) is 7.05 Å². The van der Waals surface area contributed by atoms with Crippen molar-refractivity contribution in [2.24, 2.45) is 0 Å². The first-order chi connectivity index (χ1) is 8.58. The molecule has 1 fully saturated rings. The maximum atomic E-state index is 11.9. The van der Waals surface area contributed by atoms with Gasteiger partial charge in [-0.1, -0.05) is 18.2 Å². The highest BCUT2D eigenvalue weighted by Crippen LogP contribution is 2.07. The lowest BCUT2D eigenvalue weighted by Gasteiger charge is -2.32. The van der Waals surface area contributed by atoms with E-state index in [1.54, 1.807) is 30.3 Å². The molecule has 6 heteroatoms. The second-order valence-corrected chi connectivity index (χ2v) is 4.02. The van der Waals surface area contributed by atoms with Crippen molar-refractivity contribution in [1.29, 1.82) is 0 Å². The molecule has 1 saturated heterocycles. The van der Waals surface area contributed by atoms with E-state index in [-0.39, 0.29) is 12.3 Å². The van der Waals surface area contributed by atoms with Crippen molar-refractivity contribution in [3.05, 3.63) is 35.9 Å². The van der Waals surface area contributed by atoms with E-state index in [1.165, 1.54) is 11.9 Å². The summed E-state index contributed by atoms with van der Waals surface area (Å²) in [5.74, 6) is -0.702. The van der Waals surface area contributed by atoms with Gasteiger partial charge in [-0.3, -0.25) is 14.9 Å². The molecule has 4 amide bonds. The summed E-state index contributed by atoms with van der Waals surface area (Å²) in [5.41, 5.74) is 0.490. The second-order valence-electron chi connectivity index (χ2n) is 4.02. The first kappa shape index (κ1) is 12.1. The summed E-state index contributed by atoms with van der Waals surface area (Å²) in [7, 11) is 1.53. The van der Waals surface area contributed by atoms with E-state index < -0.39 is 18.1 Å². The Morgan fingerprint density at radius 3 is 2.67 bits per heavy atom. The van der Waals surface area contributed by atoms with E-state index in [1.807, 2.05) is 0 Å². The number of rotatable bonds is 2. The Morgan fingerprint density at radius 1 is 1.33 bits per heavy atom. The Morgan fingerprint density at radius 2 is 2.00 bits per heavy atom. The van der Waals surface area contributed by atoms with Crippen molar-refractivity contribution >= 4 is 17.8 Å². The Hall–Kier alpha value is -2.37. The third-order valence-electron chi connectivity index (χ3n) is 2.75. The van der Waals surface area contributed by atoms with E-state index in [0.717, 1.165) is 0 Å². The minimum atomic E-state index is -0.612. The second kappa shape index (κ2) is 4.87. The highest BCUT2D eigenvalue weighted by molar-refractivity contribution is 5.99. The zero-order valence-electron chi connectivity index (χ0n) is 9.84. The van der Waals surface area contributed by atoms with Crippen molar-refractivity contribution in [3.8, 4) is 0 Å². The van der Waals surface area contributed by atoms with Gasteiger partial charge in [0, 0.05) is 12.6 Å². The van der Waals surface area contributed by atoms with Gasteiger partial charge in [-0.2, -0.15) is 0 Å². The summed E-state index contributed by atoms with van der Waals surface area (Å²) in [6, 6.07) is 8.12. The lowest BCUT2D eigenvalue weighted by Crippen LogP contribution is -2.59. The van der Waals surface area contributed by atoms with Crippen molar-refractivity contribution in [2.45, 2.75) is 12.6 Å². The number of amides is 4. The van der Waals surface area contributed by atoms with E-state index in [2.05, 4.69) is 10.6 Å². The fourth-order valence-electron chi connectivity index (χ4n) is 1.68. The van der Waals surface area contributed by atoms with Gasteiger partial charge in [0.15, 0.2) is 0 Å². The molecule has 1 aliphatic heterocycles. The molecule has 0 saturated carbocycles. The van der Waals surface area contributed by atoms with Gasteiger partial charge in [0.05, 0.1) is 6.42 Å². The van der Waals surface area contributed by atoms with Crippen LogP contribution in [0.2, 0.25) is 0 Å². The normalized spacial score (nSPS) is 19.4. The maximum Gasteiger partial charge on any atom is 0.325 e. The number of benzene rings is 1. The monoisotopic (exact) mass is 247 g/mol. The molecular weight excluding hydrogens is 234 g/mol. The molecule has 2 N–H and O–H groups in total. The first-order valence-corrected chi connectivity index (χ1v) is 5.50. The van der Waals surface area contributed by atoms with Crippen LogP contribution in [0.1, 0.15) is 16.8 Å². The van der Waals surface area contributed by atoms with Gasteiger partial charge in [0.1, 0.15) is 6.17 Å². The molecule has 1 aliphatic rings. The zero-order valence-corrected chi connectivity index (χ0v) is 9.84. The van der Waals surface area contributed by atoms with Gasteiger partial charge in [-0.05, 0) is 12.1 Å². The largest absolute Gasteiger partial charge is 0.331 e. The quantitative estimate of drug-likeness (QED) is 0.789. The van der Waals surface area contributed by atoms with Crippen LogP contribution >= 0.6 is 0 Å². The molecule has 18 heavy (non-hydrogen) atoms. The number of nitrogens with zero attached hydrogens (tertiary/aromatic N) is 1. The molecule has 1 aromatic rings. The molecule has 0 spiro atoms. The van der Waals surface area contributed by atoms with Crippen LogP contribution in [0.15, 0.2) is 30.3 Å². The number of hydrogen-bond donors (Lipinski definition) is 2. The SMILES string of the molecule is CN1C(=O)NC(=O)CC1NC(=O)c1ccccc1. The average molecular weight is 247 g/mol. The van der Waals surface area contributed by atoms with E-state index in [0.29, 0.717) is 5.56 Å². The minimum Gasteiger partial charge on any atom is -0.331 e. The number of nitrogens with one attached hydrogen (secondary N) is 2. The average Bonchev–Trinajstić information content (AvgIpc) is 2.36. The Labute approximate surface area is 104 Å².